The molecule has 0 amide bonds. The monoisotopic (exact) mass is 279 g/mol. The molecule has 0 aliphatic rings. The zero-order valence-electron chi connectivity index (χ0n) is 8.75. The average Bonchev–Trinajstić information content (AvgIpc) is 2.78. The van der Waals surface area contributed by atoms with Crippen LogP contribution in [0.25, 0.3) is 5.82 Å². The van der Waals surface area contributed by atoms with Crippen LogP contribution in [-0.4, -0.2) is 14.8 Å². The molecule has 0 saturated heterocycles. The number of aromatic nitrogens is 3. The van der Waals surface area contributed by atoms with Gasteiger partial charge in [-0.2, -0.15) is 18.3 Å². The highest BCUT2D eigenvalue weighted by atomic mass is 35.5. The molecule has 0 aliphatic heterocycles. The molecule has 0 aromatic carbocycles. The summed E-state index contributed by atoms with van der Waals surface area (Å²) in [5.41, 5.74) is -0.828. The summed E-state index contributed by atoms with van der Waals surface area (Å²) < 4.78 is 51.6. The third-order valence-electron chi connectivity index (χ3n) is 2.22. The van der Waals surface area contributed by atoms with Crippen LogP contribution in [0.15, 0.2) is 24.7 Å². The van der Waals surface area contributed by atoms with Gasteiger partial charge in [0.25, 0.3) is 0 Å². The van der Waals surface area contributed by atoms with Crippen molar-refractivity contribution < 1.29 is 17.6 Å². The summed E-state index contributed by atoms with van der Waals surface area (Å²) in [5.74, 6) is -1.21. The van der Waals surface area contributed by atoms with Crippen LogP contribution < -0.4 is 0 Å². The molecular weight excluding hydrogens is 274 g/mol. The topological polar surface area (TPSA) is 30.7 Å². The minimum atomic E-state index is -4.53. The number of hydrogen-bond donors (Lipinski definition) is 0. The van der Waals surface area contributed by atoms with Crippen molar-refractivity contribution in [2.75, 3.05) is 0 Å². The Kier molecular flexibility index (Phi) is 3.25. The number of rotatable bonds is 2. The molecule has 18 heavy (non-hydrogen) atoms. The van der Waals surface area contributed by atoms with E-state index < -0.39 is 17.6 Å². The molecule has 2 aromatic rings. The van der Waals surface area contributed by atoms with Crippen molar-refractivity contribution in [3.05, 3.63) is 41.6 Å². The molecule has 2 heterocycles. The molecule has 0 fully saturated rings. The van der Waals surface area contributed by atoms with E-state index in [2.05, 4.69) is 10.1 Å². The van der Waals surface area contributed by atoms with Crippen molar-refractivity contribution in [1.29, 1.82) is 0 Å². The Labute approximate surface area is 104 Å². The number of pyridine rings is 1. The van der Waals surface area contributed by atoms with Crippen LogP contribution in [0.2, 0.25) is 0 Å². The van der Waals surface area contributed by atoms with E-state index in [1.165, 1.54) is 12.3 Å². The van der Waals surface area contributed by atoms with E-state index in [1.54, 1.807) is 0 Å². The third-order valence-corrected chi connectivity index (χ3v) is 2.51. The maximum absolute atomic E-state index is 13.8. The molecule has 0 radical (unpaired) electrons. The fourth-order valence-electron chi connectivity index (χ4n) is 1.32. The van der Waals surface area contributed by atoms with Crippen LogP contribution in [0.3, 0.4) is 0 Å². The van der Waals surface area contributed by atoms with Crippen LogP contribution in [0.5, 0.6) is 0 Å². The van der Waals surface area contributed by atoms with Crippen molar-refractivity contribution in [2.24, 2.45) is 0 Å². The Morgan fingerprint density at radius 2 is 2.06 bits per heavy atom. The molecule has 96 valence electrons. The molecule has 2 rings (SSSR count). The van der Waals surface area contributed by atoms with Gasteiger partial charge in [0.1, 0.15) is 0 Å². The van der Waals surface area contributed by atoms with Crippen LogP contribution in [-0.2, 0) is 12.1 Å². The van der Waals surface area contributed by atoms with E-state index in [4.69, 9.17) is 11.6 Å². The summed E-state index contributed by atoms with van der Waals surface area (Å²) >= 11 is 5.49. The van der Waals surface area contributed by atoms with Crippen molar-refractivity contribution in [3.63, 3.8) is 0 Å². The van der Waals surface area contributed by atoms with E-state index in [0.29, 0.717) is 12.4 Å². The minimum Gasteiger partial charge on any atom is -0.235 e. The molecule has 0 unspecified atom stereocenters. The van der Waals surface area contributed by atoms with Crippen LogP contribution in [0.1, 0.15) is 11.1 Å². The zero-order chi connectivity index (χ0) is 13.3. The first-order valence-corrected chi connectivity index (χ1v) is 5.28. The average molecular weight is 280 g/mol. The Morgan fingerprint density at radius 3 is 2.61 bits per heavy atom. The van der Waals surface area contributed by atoms with Gasteiger partial charge in [-0.3, -0.25) is 0 Å². The maximum Gasteiger partial charge on any atom is 0.419 e. The van der Waals surface area contributed by atoms with Gasteiger partial charge in [-0.05, 0) is 6.07 Å². The van der Waals surface area contributed by atoms with Gasteiger partial charge in [-0.25, -0.2) is 14.1 Å². The smallest absolute Gasteiger partial charge is 0.235 e. The summed E-state index contributed by atoms with van der Waals surface area (Å²) in [5, 5.41) is 3.44. The van der Waals surface area contributed by atoms with Gasteiger partial charge >= 0.3 is 6.18 Å². The summed E-state index contributed by atoms with van der Waals surface area (Å²) in [6.45, 7) is 0. The highest BCUT2D eigenvalue weighted by molar-refractivity contribution is 6.17. The first-order valence-electron chi connectivity index (χ1n) is 4.75. The molecule has 2 aromatic heterocycles. The number of halogens is 5. The molecule has 0 saturated carbocycles. The summed E-state index contributed by atoms with van der Waals surface area (Å²) in [4.78, 5) is 3.65. The van der Waals surface area contributed by atoms with Crippen LogP contribution in [0.4, 0.5) is 17.6 Å². The van der Waals surface area contributed by atoms with Gasteiger partial charge < -0.3 is 0 Å². The van der Waals surface area contributed by atoms with Crippen molar-refractivity contribution >= 4 is 11.6 Å². The van der Waals surface area contributed by atoms with Crippen LogP contribution in [0, 0.1) is 5.82 Å². The van der Waals surface area contributed by atoms with Gasteiger partial charge in [-0.1, -0.05) is 0 Å². The van der Waals surface area contributed by atoms with Gasteiger partial charge in [0.2, 0.25) is 0 Å². The predicted molar refractivity (Wildman–Crippen MR) is 55.9 cm³/mol. The maximum atomic E-state index is 13.8. The number of hydrogen-bond acceptors (Lipinski definition) is 2. The second-order valence-corrected chi connectivity index (χ2v) is 3.68. The highest BCUT2D eigenvalue weighted by Gasteiger charge is 2.32. The van der Waals surface area contributed by atoms with Crippen molar-refractivity contribution in [2.45, 2.75) is 12.1 Å². The quantitative estimate of drug-likeness (QED) is 0.624. The lowest BCUT2D eigenvalue weighted by Gasteiger charge is -2.05. The van der Waals surface area contributed by atoms with Crippen molar-refractivity contribution in [1.82, 2.24) is 14.8 Å². The Morgan fingerprint density at radius 1 is 1.33 bits per heavy atom. The first kappa shape index (κ1) is 12.8. The highest BCUT2D eigenvalue weighted by Crippen LogP contribution is 2.29. The molecule has 3 nitrogen and oxygen atoms in total. The normalized spacial score (nSPS) is 11.8. The van der Waals surface area contributed by atoms with E-state index in [9.17, 15) is 17.6 Å². The van der Waals surface area contributed by atoms with E-state index >= 15 is 0 Å². The fourth-order valence-corrected chi connectivity index (χ4v) is 1.53. The van der Waals surface area contributed by atoms with Gasteiger partial charge in [-0.15, -0.1) is 11.6 Å². The lowest BCUT2D eigenvalue weighted by Crippen LogP contribution is -2.05. The van der Waals surface area contributed by atoms with Gasteiger partial charge in [0.15, 0.2) is 11.6 Å². The summed E-state index contributed by atoms with van der Waals surface area (Å²) in [6.07, 6.45) is -2.00. The molecule has 0 N–H and O–H groups in total. The molecule has 0 aliphatic carbocycles. The number of nitrogens with zero attached hydrogens (tertiary/aromatic N) is 3. The van der Waals surface area contributed by atoms with Gasteiger partial charge in [0.05, 0.1) is 17.6 Å². The molecule has 0 bridgehead atoms. The molecule has 0 spiro atoms. The first-order chi connectivity index (χ1) is 8.43. The third kappa shape index (κ3) is 2.31. The molecule has 0 atom stereocenters. The molecular formula is C10H6ClF4N3. The Hall–Kier alpha value is -1.63. The Bertz CT molecular complexity index is 564. The number of alkyl halides is 4. The second kappa shape index (κ2) is 4.56. The summed E-state index contributed by atoms with van der Waals surface area (Å²) in [7, 11) is 0. The van der Waals surface area contributed by atoms with Crippen molar-refractivity contribution in [3.8, 4) is 5.82 Å². The van der Waals surface area contributed by atoms with Crippen LogP contribution >= 0.6 is 11.6 Å². The summed E-state index contributed by atoms with van der Waals surface area (Å²) in [6, 6.07) is 1.35. The van der Waals surface area contributed by atoms with E-state index in [-0.39, 0.29) is 17.3 Å². The fraction of sp³-hybridized carbons (Fsp3) is 0.200. The minimum absolute atomic E-state index is 0.102. The standard InChI is InChI=1S/C10H6ClF4N3/c11-3-6-1-2-16-9(8(6)12)18-5-7(4-17-18)10(13,14)15/h1-2,4-5H,3H2. The van der Waals surface area contributed by atoms with E-state index in [1.807, 2.05) is 0 Å². The SMILES string of the molecule is Fc1c(CCl)ccnc1-n1cc(C(F)(F)F)cn1. The predicted octanol–water partition coefficient (Wildman–Crippen LogP) is 3.16. The Balaban J connectivity index is 2.47. The van der Waals surface area contributed by atoms with Gasteiger partial charge in [0, 0.05) is 18.0 Å². The lowest BCUT2D eigenvalue weighted by atomic mass is 10.3. The zero-order valence-corrected chi connectivity index (χ0v) is 9.50. The second-order valence-electron chi connectivity index (χ2n) is 3.41. The largest absolute Gasteiger partial charge is 0.419 e. The lowest BCUT2D eigenvalue weighted by molar-refractivity contribution is -0.137. The van der Waals surface area contributed by atoms with E-state index in [0.717, 1.165) is 4.68 Å². The molecule has 8 heteroatoms.